The number of rotatable bonds is 7. The number of aryl methyl sites for hydroxylation is 2. The van der Waals surface area contributed by atoms with Crippen molar-refractivity contribution in [3.8, 4) is 22.8 Å². The molecule has 138 valence electrons. The summed E-state index contributed by atoms with van der Waals surface area (Å²) in [5.74, 6) is 1.73. The Bertz CT molecular complexity index is 918. The van der Waals surface area contributed by atoms with E-state index in [1.165, 1.54) is 16.5 Å². The largest absolute Gasteiger partial charge is 0.497 e. The molecule has 26 heavy (non-hydrogen) atoms. The van der Waals surface area contributed by atoms with Crippen LogP contribution in [0.2, 0.25) is 0 Å². The fourth-order valence-electron chi connectivity index (χ4n) is 3.42. The molecule has 0 amide bonds. The number of nitrogens with one attached hydrogen (secondary N) is 1. The topological polar surface area (TPSA) is 60.3 Å². The van der Waals surface area contributed by atoms with Crippen LogP contribution in [0.1, 0.15) is 24.0 Å². The third-order valence-corrected chi connectivity index (χ3v) is 5.23. The number of aromatic amines is 1. The van der Waals surface area contributed by atoms with Crippen LogP contribution < -0.4 is 15.2 Å². The number of benzene rings is 2. The van der Waals surface area contributed by atoms with E-state index in [0.29, 0.717) is 6.54 Å². The number of H-pyrrole nitrogens is 1. The van der Waals surface area contributed by atoms with Crippen molar-refractivity contribution in [1.82, 2.24) is 4.98 Å². The Kier molecular flexibility index (Phi) is 5.89. The highest BCUT2D eigenvalue weighted by atomic mass is 79.9. The number of unbranched alkanes of at least 4 members (excludes halogenated alkanes) is 1. The van der Waals surface area contributed by atoms with Gasteiger partial charge in [0.15, 0.2) is 0 Å². The lowest BCUT2D eigenvalue weighted by molar-refractivity contribution is 0.415. The second kappa shape index (κ2) is 8.14. The fourth-order valence-corrected chi connectivity index (χ4v) is 3.78. The zero-order chi connectivity index (χ0) is 18.7. The molecule has 0 spiro atoms. The van der Waals surface area contributed by atoms with E-state index in [9.17, 15) is 0 Å². The summed E-state index contributed by atoms with van der Waals surface area (Å²) in [5.41, 5.74) is 11.5. The van der Waals surface area contributed by atoms with Gasteiger partial charge in [-0.2, -0.15) is 0 Å². The molecule has 3 aromatic rings. The van der Waals surface area contributed by atoms with Crippen LogP contribution in [0.4, 0.5) is 0 Å². The van der Waals surface area contributed by atoms with E-state index >= 15 is 0 Å². The summed E-state index contributed by atoms with van der Waals surface area (Å²) in [7, 11) is 3.41. The van der Waals surface area contributed by atoms with E-state index in [4.69, 9.17) is 15.2 Å². The van der Waals surface area contributed by atoms with Crippen LogP contribution in [0.5, 0.6) is 11.5 Å². The number of fused-ring (bicyclic) bond motifs is 1. The average molecular weight is 417 g/mol. The third-order valence-electron chi connectivity index (χ3n) is 4.73. The molecule has 1 heterocycles. The highest BCUT2D eigenvalue weighted by Crippen LogP contribution is 2.40. The third kappa shape index (κ3) is 3.60. The fraction of sp³-hybridized carbons (Fsp3) is 0.333. The van der Waals surface area contributed by atoms with Gasteiger partial charge in [-0.05, 0) is 74.2 Å². The summed E-state index contributed by atoms with van der Waals surface area (Å²) < 4.78 is 12.1. The number of hydrogen-bond acceptors (Lipinski definition) is 3. The van der Waals surface area contributed by atoms with Gasteiger partial charge in [0.1, 0.15) is 11.5 Å². The van der Waals surface area contributed by atoms with Crippen molar-refractivity contribution in [2.45, 2.75) is 26.2 Å². The minimum atomic E-state index is 0.709. The summed E-state index contributed by atoms with van der Waals surface area (Å²) in [6, 6.07) is 10.3. The van der Waals surface area contributed by atoms with Gasteiger partial charge in [0.2, 0.25) is 0 Å². The van der Waals surface area contributed by atoms with Crippen LogP contribution in [0.15, 0.2) is 34.8 Å². The Hall–Kier alpha value is -1.98. The summed E-state index contributed by atoms with van der Waals surface area (Å²) in [6.45, 7) is 2.81. The summed E-state index contributed by atoms with van der Waals surface area (Å²) in [5, 5.41) is 1.20. The van der Waals surface area contributed by atoms with Gasteiger partial charge in [-0.15, -0.1) is 0 Å². The molecule has 0 saturated heterocycles. The molecule has 0 radical (unpaired) electrons. The van der Waals surface area contributed by atoms with Crippen LogP contribution in [0, 0.1) is 6.92 Å². The highest BCUT2D eigenvalue weighted by Gasteiger charge is 2.18. The Balaban J connectivity index is 2.25. The molecular weight excluding hydrogens is 392 g/mol. The monoisotopic (exact) mass is 416 g/mol. The number of ether oxygens (including phenoxy) is 2. The molecule has 1 aromatic heterocycles. The zero-order valence-corrected chi connectivity index (χ0v) is 17.1. The van der Waals surface area contributed by atoms with Gasteiger partial charge in [-0.1, -0.05) is 15.9 Å². The maximum absolute atomic E-state index is 5.71. The Labute approximate surface area is 162 Å². The molecule has 3 rings (SSSR count). The maximum atomic E-state index is 5.71. The number of aromatic nitrogens is 1. The van der Waals surface area contributed by atoms with Crippen molar-refractivity contribution >= 4 is 26.8 Å². The van der Waals surface area contributed by atoms with Crippen LogP contribution in [0.25, 0.3) is 22.2 Å². The van der Waals surface area contributed by atoms with Crippen molar-refractivity contribution in [1.29, 1.82) is 0 Å². The molecular formula is C21H25BrN2O2. The number of halogens is 1. The van der Waals surface area contributed by atoms with E-state index in [1.54, 1.807) is 14.2 Å². The first-order valence-corrected chi connectivity index (χ1v) is 9.61. The average Bonchev–Trinajstić information content (AvgIpc) is 3.01. The summed E-state index contributed by atoms with van der Waals surface area (Å²) in [4.78, 5) is 3.64. The van der Waals surface area contributed by atoms with Gasteiger partial charge >= 0.3 is 0 Å². The second-order valence-corrected chi connectivity index (χ2v) is 7.35. The van der Waals surface area contributed by atoms with Gasteiger partial charge in [0.25, 0.3) is 0 Å². The Morgan fingerprint density at radius 3 is 2.58 bits per heavy atom. The molecule has 4 nitrogen and oxygen atoms in total. The maximum Gasteiger partial charge on any atom is 0.128 e. The van der Waals surface area contributed by atoms with Crippen molar-refractivity contribution in [2.75, 3.05) is 20.8 Å². The second-order valence-electron chi connectivity index (χ2n) is 6.44. The van der Waals surface area contributed by atoms with Crippen LogP contribution >= 0.6 is 15.9 Å². The van der Waals surface area contributed by atoms with Gasteiger partial charge in [0.05, 0.1) is 19.9 Å². The molecule has 0 bridgehead atoms. The number of nitrogens with two attached hydrogens (primary N) is 1. The van der Waals surface area contributed by atoms with E-state index in [2.05, 4.69) is 46.0 Å². The Morgan fingerprint density at radius 2 is 1.88 bits per heavy atom. The van der Waals surface area contributed by atoms with Crippen molar-refractivity contribution < 1.29 is 9.47 Å². The molecule has 2 aromatic carbocycles. The molecule has 0 unspecified atom stereocenters. The molecule has 0 aliphatic carbocycles. The van der Waals surface area contributed by atoms with Crippen LogP contribution in [-0.2, 0) is 6.42 Å². The van der Waals surface area contributed by atoms with Crippen LogP contribution in [0.3, 0.4) is 0 Å². The lowest BCUT2D eigenvalue weighted by Crippen LogP contribution is -1.99. The standard InChI is InChI=1S/C21H25BrN2O2/c1-13-10-15(25-2)12-17-16(6-4-5-9-23)21(24-20(13)17)18-11-14(22)7-8-19(18)26-3/h7-8,10-12,24H,4-6,9,23H2,1-3H3. The molecule has 0 saturated carbocycles. The van der Waals surface area contributed by atoms with Gasteiger partial charge in [0, 0.05) is 20.9 Å². The number of methoxy groups -OCH3 is 2. The van der Waals surface area contributed by atoms with Crippen LogP contribution in [-0.4, -0.2) is 25.7 Å². The lowest BCUT2D eigenvalue weighted by atomic mass is 9.99. The first kappa shape index (κ1) is 18.8. The van der Waals surface area contributed by atoms with Gasteiger partial charge in [-0.25, -0.2) is 0 Å². The first-order valence-electron chi connectivity index (χ1n) is 8.82. The lowest BCUT2D eigenvalue weighted by Gasteiger charge is -2.11. The highest BCUT2D eigenvalue weighted by molar-refractivity contribution is 9.10. The zero-order valence-electron chi connectivity index (χ0n) is 15.5. The summed E-state index contributed by atoms with van der Waals surface area (Å²) >= 11 is 3.59. The predicted octanol–water partition coefficient (Wildman–Crippen LogP) is 5.20. The molecule has 0 aliphatic rings. The SMILES string of the molecule is COc1cc(C)c2[nH]c(-c3cc(Br)ccc3OC)c(CCCCN)c2c1. The normalized spacial score (nSPS) is 11.1. The molecule has 0 fully saturated rings. The molecule has 0 aliphatic heterocycles. The summed E-state index contributed by atoms with van der Waals surface area (Å²) in [6.07, 6.45) is 3.00. The molecule has 3 N–H and O–H groups in total. The molecule has 0 atom stereocenters. The van der Waals surface area contributed by atoms with E-state index < -0.39 is 0 Å². The van der Waals surface area contributed by atoms with E-state index in [-0.39, 0.29) is 0 Å². The molecule has 5 heteroatoms. The minimum Gasteiger partial charge on any atom is -0.497 e. The Morgan fingerprint density at radius 1 is 1.08 bits per heavy atom. The first-order chi connectivity index (χ1) is 12.6. The minimum absolute atomic E-state index is 0.709. The van der Waals surface area contributed by atoms with E-state index in [1.807, 2.05) is 12.1 Å². The van der Waals surface area contributed by atoms with Gasteiger partial charge in [-0.3, -0.25) is 0 Å². The van der Waals surface area contributed by atoms with Crippen molar-refractivity contribution in [3.05, 3.63) is 45.9 Å². The quantitative estimate of drug-likeness (QED) is 0.519. The van der Waals surface area contributed by atoms with Gasteiger partial charge < -0.3 is 20.2 Å². The van der Waals surface area contributed by atoms with E-state index in [0.717, 1.165) is 52.0 Å². The number of hydrogen-bond donors (Lipinski definition) is 2. The van der Waals surface area contributed by atoms with Crippen molar-refractivity contribution in [2.24, 2.45) is 5.73 Å². The van der Waals surface area contributed by atoms with Crippen molar-refractivity contribution in [3.63, 3.8) is 0 Å². The predicted molar refractivity (Wildman–Crippen MR) is 111 cm³/mol. The smallest absolute Gasteiger partial charge is 0.128 e.